The van der Waals surface area contributed by atoms with Gasteiger partial charge >= 0.3 is 0 Å². The lowest BCUT2D eigenvalue weighted by Crippen LogP contribution is -2.63. The lowest BCUT2D eigenvalue weighted by molar-refractivity contribution is -0.136. The van der Waals surface area contributed by atoms with Crippen LogP contribution in [0.15, 0.2) is 83.3 Å². The standard InChI is InChI=1S/C33H34BrN3O3/c1-40-28-17-16-24-19-30-31(38)37(21-23-10-9-13-26(34)18-23)33(22-36(30)29(24)20-28,25-11-5-4-6-12-25)32(39)35-27-14-7-2-3-8-15-27/h4-6,9-13,16-20,27H,2-3,7-8,14-15,21-22H2,1H3,(H,35,39)/t33-/m1/s1. The van der Waals surface area contributed by atoms with E-state index in [1.165, 1.54) is 12.8 Å². The zero-order chi connectivity index (χ0) is 27.7. The van der Waals surface area contributed by atoms with E-state index in [0.29, 0.717) is 24.5 Å². The van der Waals surface area contributed by atoms with Crippen molar-refractivity contribution in [1.82, 2.24) is 14.8 Å². The molecule has 3 aromatic carbocycles. The molecule has 1 aromatic heterocycles. The second-order valence-electron chi connectivity index (χ2n) is 10.9. The summed E-state index contributed by atoms with van der Waals surface area (Å²) in [5.74, 6) is 0.427. The third-order valence-electron chi connectivity index (χ3n) is 8.47. The molecule has 2 aliphatic rings. The van der Waals surface area contributed by atoms with Gasteiger partial charge in [0.1, 0.15) is 11.4 Å². The molecule has 0 saturated heterocycles. The molecule has 2 amide bonds. The van der Waals surface area contributed by atoms with Gasteiger partial charge in [-0.3, -0.25) is 9.59 Å². The first kappa shape index (κ1) is 26.6. The lowest BCUT2D eigenvalue weighted by Gasteiger charge is -2.47. The van der Waals surface area contributed by atoms with Crippen LogP contribution in [0.4, 0.5) is 0 Å². The maximum absolute atomic E-state index is 14.8. The second-order valence-corrected chi connectivity index (χ2v) is 11.9. The molecule has 6 rings (SSSR count). The van der Waals surface area contributed by atoms with Crippen LogP contribution >= 0.6 is 15.9 Å². The molecule has 2 heterocycles. The fraction of sp³-hybridized carbons (Fsp3) is 0.333. The molecular formula is C33H34BrN3O3. The molecule has 1 atom stereocenters. The van der Waals surface area contributed by atoms with Crippen LogP contribution in [0.25, 0.3) is 10.9 Å². The van der Waals surface area contributed by atoms with Gasteiger partial charge in [-0.1, -0.05) is 84.1 Å². The number of aromatic nitrogens is 1. The van der Waals surface area contributed by atoms with E-state index in [2.05, 4.69) is 21.2 Å². The second kappa shape index (κ2) is 11.1. The summed E-state index contributed by atoms with van der Waals surface area (Å²) in [6.45, 7) is 0.609. The van der Waals surface area contributed by atoms with Crippen LogP contribution in [0.2, 0.25) is 0 Å². The average Bonchev–Trinajstić information content (AvgIpc) is 3.13. The number of benzene rings is 3. The van der Waals surface area contributed by atoms with Crippen LogP contribution in [0.3, 0.4) is 0 Å². The maximum atomic E-state index is 14.8. The van der Waals surface area contributed by atoms with E-state index in [1.54, 1.807) is 12.0 Å². The molecule has 4 aromatic rings. The molecule has 0 bridgehead atoms. The smallest absolute Gasteiger partial charge is 0.272 e. The summed E-state index contributed by atoms with van der Waals surface area (Å²) in [7, 11) is 1.64. The summed E-state index contributed by atoms with van der Waals surface area (Å²) in [6.07, 6.45) is 6.54. The molecule has 0 spiro atoms. The highest BCUT2D eigenvalue weighted by Gasteiger charge is 2.52. The van der Waals surface area contributed by atoms with E-state index < -0.39 is 5.54 Å². The van der Waals surface area contributed by atoms with Crippen LogP contribution < -0.4 is 10.1 Å². The van der Waals surface area contributed by atoms with Crippen LogP contribution in [0.1, 0.15) is 60.1 Å². The number of methoxy groups -OCH3 is 1. The number of carbonyl (C=O) groups is 2. The average molecular weight is 601 g/mol. The van der Waals surface area contributed by atoms with Gasteiger partial charge in [-0.05, 0) is 54.3 Å². The predicted octanol–water partition coefficient (Wildman–Crippen LogP) is 6.80. The summed E-state index contributed by atoms with van der Waals surface area (Å²) in [6, 6.07) is 25.6. The number of nitrogens with zero attached hydrogens (tertiary/aromatic N) is 2. The van der Waals surface area contributed by atoms with E-state index in [0.717, 1.165) is 52.2 Å². The third-order valence-corrected chi connectivity index (χ3v) is 8.96. The van der Waals surface area contributed by atoms with Crippen molar-refractivity contribution in [3.63, 3.8) is 0 Å². The van der Waals surface area contributed by atoms with Crippen molar-refractivity contribution in [2.75, 3.05) is 7.11 Å². The molecule has 206 valence electrons. The molecule has 6 nitrogen and oxygen atoms in total. The Bertz CT molecular complexity index is 1540. The van der Waals surface area contributed by atoms with Crippen molar-refractivity contribution in [2.24, 2.45) is 0 Å². The topological polar surface area (TPSA) is 63.6 Å². The quantitative estimate of drug-likeness (QED) is 0.248. The van der Waals surface area contributed by atoms with E-state index in [1.807, 2.05) is 83.4 Å². The van der Waals surface area contributed by atoms with Crippen molar-refractivity contribution < 1.29 is 14.3 Å². The van der Waals surface area contributed by atoms with Gasteiger partial charge < -0.3 is 19.5 Å². The van der Waals surface area contributed by atoms with Gasteiger partial charge in [0.25, 0.3) is 11.8 Å². The Labute approximate surface area is 243 Å². The van der Waals surface area contributed by atoms with Crippen molar-refractivity contribution in [3.8, 4) is 5.75 Å². The lowest BCUT2D eigenvalue weighted by atomic mass is 9.83. The summed E-state index contributed by atoms with van der Waals surface area (Å²) in [4.78, 5) is 31.1. The molecule has 0 unspecified atom stereocenters. The highest BCUT2D eigenvalue weighted by molar-refractivity contribution is 9.10. The van der Waals surface area contributed by atoms with E-state index in [4.69, 9.17) is 4.74 Å². The molecule has 40 heavy (non-hydrogen) atoms. The fourth-order valence-electron chi connectivity index (χ4n) is 6.37. The van der Waals surface area contributed by atoms with Gasteiger partial charge in [0, 0.05) is 28.5 Å². The van der Waals surface area contributed by atoms with Crippen LogP contribution in [-0.4, -0.2) is 34.4 Å². The first-order valence-corrected chi connectivity index (χ1v) is 14.9. The van der Waals surface area contributed by atoms with Crippen molar-refractivity contribution in [1.29, 1.82) is 0 Å². The van der Waals surface area contributed by atoms with Gasteiger partial charge in [-0.2, -0.15) is 0 Å². The summed E-state index contributed by atoms with van der Waals surface area (Å²) >= 11 is 3.58. The molecule has 0 radical (unpaired) electrons. The van der Waals surface area contributed by atoms with Gasteiger partial charge in [0.2, 0.25) is 0 Å². The Morgan fingerprint density at radius 2 is 1.75 bits per heavy atom. The zero-order valence-corrected chi connectivity index (χ0v) is 24.3. The Morgan fingerprint density at radius 1 is 0.975 bits per heavy atom. The molecule has 7 heteroatoms. The number of fused-ring (bicyclic) bond motifs is 3. The number of hydrogen-bond donors (Lipinski definition) is 1. The van der Waals surface area contributed by atoms with Crippen molar-refractivity contribution in [3.05, 3.63) is 100 Å². The zero-order valence-electron chi connectivity index (χ0n) is 22.7. The van der Waals surface area contributed by atoms with Crippen LogP contribution in [0.5, 0.6) is 5.75 Å². The molecule has 1 fully saturated rings. The Kier molecular flexibility index (Phi) is 7.41. The third kappa shape index (κ3) is 4.81. The van der Waals surface area contributed by atoms with E-state index in [9.17, 15) is 9.59 Å². The van der Waals surface area contributed by atoms with Crippen LogP contribution in [-0.2, 0) is 23.4 Å². The number of halogens is 1. The molecule has 1 aliphatic heterocycles. The minimum atomic E-state index is -1.24. The summed E-state index contributed by atoms with van der Waals surface area (Å²) in [5.41, 5.74) is 1.98. The van der Waals surface area contributed by atoms with Gasteiger partial charge in [-0.15, -0.1) is 0 Å². The van der Waals surface area contributed by atoms with Gasteiger partial charge in [0.15, 0.2) is 5.54 Å². The fourth-order valence-corrected chi connectivity index (χ4v) is 6.82. The Hall–Kier alpha value is -3.58. The number of amides is 2. The molecular weight excluding hydrogens is 566 g/mol. The summed E-state index contributed by atoms with van der Waals surface area (Å²) < 4.78 is 8.47. The minimum absolute atomic E-state index is 0.0984. The normalized spacial score (nSPS) is 19.8. The molecule has 1 N–H and O–H groups in total. The largest absolute Gasteiger partial charge is 0.497 e. The van der Waals surface area contributed by atoms with Crippen molar-refractivity contribution >= 4 is 38.6 Å². The number of carbonyl (C=O) groups excluding carboxylic acids is 2. The van der Waals surface area contributed by atoms with Gasteiger partial charge in [-0.25, -0.2) is 0 Å². The van der Waals surface area contributed by atoms with E-state index in [-0.39, 0.29) is 17.9 Å². The number of ether oxygens (including phenoxy) is 1. The van der Waals surface area contributed by atoms with E-state index >= 15 is 0 Å². The Balaban J connectivity index is 1.54. The predicted molar refractivity (Wildman–Crippen MR) is 160 cm³/mol. The number of rotatable bonds is 6. The number of hydrogen-bond acceptors (Lipinski definition) is 3. The first-order valence-electron chi connectivity index (χ1n) is 14.1. The highest BCUT2D eigenvalue weighted by Crippen LogP contribution is 2.41. The molecule has 1 saturated carbocycles. The first-order chi connectivity index (χ1) is 19.5. The highest BCUT2D eigenvalue weighted by atomic mass is 79.9. The van der Waals surface area contributed by atoms with Gasteiger partial charge in [0.05, 0.1) is 19.2 Å². The monoisotopic (exact) mass is 599 g/mol. The Morgan fingerprint density at radius 3 is 2.48 bits per heavy atom. The number of nitrogens with one attached hydrogen (secondary N) is 1. The maximum Gasteiger partial charge on any atom is 0.272 e. The van der Waals surface area contributed by atoms with Crippen LogP contribution in [0, 0.1) is 0 Å². The molecule has 1 aliphatic carbocycles. The SMILES string of the molecule is COc1ccc2cc3n(c2c1)C[C@](C(=O)NC1CCCCCC1)(c1ccccc1)N(Cc1cccc(Br)c1)C3=O. The summed E-state index contributed by atoms with van der Waals surface area (Å²) in [5, 5.41) is 4.37. The minimum Gasteiger partial charge on any atom is -0.497 e. The van der Waals surface area contributed by atoms with Crippen molar-refractivity contribution in [2.45, 2.75) is 63.2 Å².